The van der Waals surface area contributed by atoms with Gasteiger partial charge in [-0.2, -0.15) is 0 Å². The molecule has 0 atom stereocenters. The molecule has 0 spiro atoms. The largest absolute Gasteiger partial charge is 0.493 e. The second-order valence-electron chi connectivity index (χ2n) is 7.14. The number of anilines is 1. The van der Waals surface area contributed by atoms with E-state index in [0.29, 0.717) is 6.61 Å². The Bertz CT molecular complexity index is 1120. The van der Waals surface area contributed by atoms with E-state index in [1.165, 1.54) is 16.3 Å². The summed E-state index contributed by atoms with van der Waals surface area (Å²) >= 11 is 0. The lowest BCUT2D eigenvalue weighted by Gasteiger charge is -2.14. The summed E-state index contributed by atoms with van der Waals surface area (Å²) in [5, 5.41) is 5.89. The van der Waals surface area contributed by atoms with Crippen LogP contribution in [0.2, 0.25) is 0 Å². The van der Waals surface area contributed by atoms with Gasteiger partial charge in [0.1, 0.15) is 6.61 Å². The Morgan fingerprint density at radius 3 is 2.48 bits per heavy atom. The van der Waals surface area contributed by atoms with Crippen molar-refractivity contribution in [1.29, 1.82) is 0 Å². The second kappa shape index (κ2) is 8.70. The fourth-order valence-electron chi connectivity index (χ4n) is 3.47. The first kappa shape index (κ1) is 18.9. The number of rotatable bonds is 7. The first-order valence-electron chi connectivity index (χ1n) is 9.80. The zero-order valence-electron chi connectivity index (χ0n) is 16.8. The molecule has 0 amide bonds. The topological polar surface area (TPSA) is 30.5 Å². The quantitative estimate of drug-likeness (QED) is 0.403. The highest BCUT2D eigenvalue weighted by Gasteiger charge is 2.08. The molecule has 4 aromatic carbocycles. The van der Waals surface area contributed by atoms with Crippen molar-refractivity contribution >= 4 is 16.5 Å². The van der Waals surface area contributed by atoms with E-state index in [1.54, 1.807) is 7.11 Å². The number of hydrogen-bond acceptors (Lipinski definition) is 3. The van der Waals surface area contributed by atoms with Crippen molar-refractivity contribution in [3.63, 3.8) is 0 Å². The van der Waals surface area contributed by atoms with Crippen LogP contribution in [0.15, 0.2) is 84.9 Å². The Kier molecular flexibility index (Phi) is 5.66. The molecule has 0 saturated heterocycles. The maximum Gasteiger partial charge on any atom is 0.161 e. The third kappa shape index (κ3) is 4.52. The minimum absolute atomic E-state index is 0.499. The summed E-state index contributed by atoms with van der Waals surface area (Å²) in [6.07, 6.45) is 0. The number of fused-ring (bicyclic) bond motifs is 1. The number of ether oxygens (including phenoxy) is 2. The van der Waals surface area contributed by atoms with Crippen molar-refractivity contribution in [2.45, 2.75) is 20.1 Å². The van der Waals surface area contributed by atoms with Gasteiger partial charge in [0.15, 0.2) is 11.5 Å². The van der Waals surface area contributed by atoms with Crippen molar-refractivity contribution < 1.29 is 9.47 Å². The van der Waals surface area contributed by atoms with Gasteiger partial charge in [0, 0.05) is 12.2 Å². The third-order valence-corrected chi connectivity index (χ3v) is 5.01. The van der Waals surface area contributed by atoms with E-state index >= 15 is 0 Å². The van der Waals surface area contributed by atoms with Crippen molar-refractivity contribution in [1.82, 2.24) is 0 Å². The molecule has 0 unspecified atom stereocenters. The molecule has 1 N–H and O–H groups in total. The van der Waals surface area contributed by atoms with Gasteiger partial charge in [0.05, 0.1) is 7.11 Å². The van der Waals surface area contributed by atoms with Crippen LogP contribution in [0, 0.1) is 6.92 Å². The molecule has 0 aliphatic carbocycles. The molecule has 0 aliphatic heterocycles. The Hall–Kier alpha value is -3.46. The summed E-state index contributed by atoms with van der Waals surface area (Å²) in [5.74, 6) is 1.49. The first-order chi connectivity index (χ1) is 14.2. The fourth-order valence-corrected chi connectivity index (χ4v) is 3.47. The average molecular weight is 383 g/mol. The molecule has 29 heavy (non-hydrogen) atoms. The average Bonchev–Trinajstić information content (AvgIpc) is 2.76. The molecule has 0 heterocycles. The third-order valence-electron chi connectivity index (χ3n) is 5.01. The number of methoxy groups -OCH3 is 1. The lowest BCUT2D eigenvalue weighted by molar-refractivity contribution is 0.285. The van der Waals surface area contributed by atoms with Crippen LogP contribution in [0.5, 0.6) is 11.5 Å². The number of nitrogens with one attached hydrogen (secondary N) is 1. The van der Waals surface area contributed by atoms with E-state index < -0.39 is 0 Å². The number of hydrogen-bond donors (Lipinski definition) is 1. The van der Waals surface area contributed by atoms with E-state index in [-0.39, 0.29) is 0 Å². The molecule has 0 saturated carbocycles. The smallest absolute Gasteiger partial charge is 0.161 e. The molecule has 3 heteroatoms. The molecule has 146 valence electrons. The summed E-state index contributed by atoms with van der Waals surface area (Å²) in [7, 11) is 1.68. The zero-order chi connectivity index (χ0) is 20.1. The lowest BCUT2D eigenvalue weighted by atomic mass is 10.1. The van der Waals surface area contributed by atoms with Crippen LogP contribution in [-0.2, 0) is 13.2 Å². The predicted octanol–water partition coefficient (Wildman–Crippen LogP) is 6.35. The molecule has 0 radical (unpaired) electrons. The summed E-state index contributed by atoms with van der Waals surface area (Å²) in [6.45, 7) is 3.32. The van der Waals surface area contributed by atoms with Crippen molar-refractivity contribution in [3.8, 4) is 11.5 Å². The van der Waals surface area contributed by atoms with Crippen LogP contribution in [0.3, 0.4) is 0 Å². The van der Waals surface area contributed by atoms with E-state index in [9.17, 15) is 0 Å². The van der Waals surface area contributed by atoms with Crippen molar-refractivity contribution in [3.05, 3.63) is 102 Å². The van der Waals surface area contributed by atoms with Crippen LogP contribution in [0.4, 0.5) is 5.69 Å². The van der Waals surface area contributed by atoms with Gasteiger partial charge in [-0.1, -0.05) is 60.7 Å². The minimum atomic E-state index is 0.499. The van der Waals surface area contributed by atoms with Gasteiger partial charge < -0.3 is 14.8 Å². The van der Waals surface area contributed by atoms with Gasteiger partial charge in [-0.3, -0.25) is 0 Å². The van der Waals surface area contributed by atoms with E-state index in [4.69, 9.17) is 9.47 Å². The first-order valence-corrected chi connectivity index (χ1v) is 9.80. The minimum Gasteiger partial charge on any atom is -0.493 e. The monoisotopic (exact) mass is 383 g/mol. The van der Waals surface area contributed by atoms with Crippen LogP contribution < -0.4 is 14.8 Å². The summed E-state index contributed by atoms with van der Waals surface area (Å²) in [6, 6.07) is 29.1. The van der Waals surface area contributed by atoms with Crippen LogP contribution in [0.1, 0.15) is 16.7 Å². The molecule has 0 aromatic heterocycles. The van der Waals surface area contributed by atoms with Gasteiger partial charge in [-0.25, -0.2) is 0 Å². The van der Waals surface area contributed by atoms with Gasteiger partial charge in [0.2, 0.25) is 0 Å². The molecule has 0 bridgehead atoms. The molecular weight excluding hydrogens is 358 g/mol. The maximum atomic E-state index is 6.11. The summed E-state index contributed by atoms with van der Waals surface area (Å²) < 4.78 is 11.7. The van der Waals surface area contributed by atoms with Crippen LogP contribution >= 0.6 is 0 Å². The van der Waals surface area contributed by atoms with Gasteiger partial charge in [-0.05, 0) is 58.7 Å². The Balaban J connectivity index is 1.46. The molecule has 4 aromatic rings. The van der Waals surface area contributed by atoms with Crippen molar-refractivity contribution in [2.75, 3.05) is 12.4 Å². The van der Waals surface area contributed by atoms with Gasteiger partial charge >= 0.3 is 0 Å². The summed E-state index contributed by atoms with van der Waals surface area (Å²) in [4.78, 5) is 0. The number of aryl methyl sites for hydroxylation is 1. The van der Waals surface area contributed by atoms with Crippen molar-refractivity contribution in [2.24, 2.45) is 0 Å². The maximum absolute atomic E-state index is 6.11. The van der Waals surface area contributed by atoms with Gasteiger partial charge in [-0.15, -0.1) is 0 Å². The highest BCUT2D eigenvalue weighted by Crippen LogP contribution is 2.30. The second-order valence-corrected chi connectivity index (χ2v) is 7.14. The Morgan fingerprint density at radius 1 is 0.793 bits per heavy atom. The van der Waals surface area contributed by atoms with E-state index in [1.807, 2.05) is 12.1 Å². The summed E-state index contributed by atoms with van der Waals surface area (Å²) in [5.41, 5.74) is 4.65. The Morgan fingerprint density at radius 2 is 1.62 bits per heavy atom. The van der Waals surface area contributed by atoms with Crippen LogP contribution in [0.25, 0.3) is 10.8 Å². The standard InChI is InChI=1S/C26H25NO2/c1-19-7-5-11-23(15-19)27-17-20-13-14-25(26(16-20)28-2)29-18-22-10-6-9-21-8-3-4-12-24(21)22/h3-16,27H,17-18H2,1-2H3. The SMILES string of the molecule is COc1cc(CNc2cccc(C)c2)ccc1OCc1cccc2ccccc12. The molecular formula is C26H25NO2. The lowest BCUT2D eigenvalue weighted by Crippen LogP contribution is -2.02. The highest BCUT2D eigenvalue weighted by atomic mass is 16.5. The molecule has 3 nitrogen and oxygen atoms in total. The van der Waals surface area contributed by atoms with Crippen LogP contribution in [-0.4, -0.2) is 7.11 Å². The fraction of sp³-hybridized carbons (Fsp3) is 0.154. The van der Waals surface area contributed by atoms with Gasteiger partial charge in [0.25, 0.3) is 0 Å². The molecule has 4 rings (SSSR count). The Labute approximate surface area is 171 Å². The van der Waals surface area contributed by atoms with E-state index in [0.717, 1.165) is 34.9 Å². The highest BCUT2D eigenvalue weighted by molar-refractivity contribution is 5.85. The molecule has 0 fully saturated rings. The normalized spacial score (nSPS) is 10.7. The predicted molar refractivity (Wildman–Crippen MR) is 120 cm³/mol. The number of benzene rings is 4. The van der Waals surface area contributed by atoms with E-state index in [2.05, 4.69) is 85.0 Å². The zero-order valence-corrected chi connectivity index (χ0v) is 16.8. The molecule has 0 aliphatic rings.